The Kier molecular flexibility index (Phi) is 5.57. The highest BCUT2D eigenvalue weighted by atomic mass is 19.4. The fourth-order valence-electron chi connectivity index (χ4n) is 5.48. The number of carbonyl (C=O) groups is 1. The molecule has 0 unspecified atom stereocenters. The lowest BCUT2D eigenvalue weighted by molar-refractivity contribution is -0.137. The van der Waals surface area contributed by atoms with Crippen LogP contribution in [0.25, 0.3) is 0 Å². The van der Waals surface area contributed by atoms with Gasteiger partial charge in [-0.05, 0) is 68.1 Å². The summed E-state index contributed by atoms with van der Waals surface area (Å²) in [6.07, 6.45) is 6.26. The van der Waals surface area contributed by atoms with Gasteiger partial charge in [-0.1, -0.05) is 25.7 Å². The highest BCUT2D eigenvalue weighted by Crippen LogP contribution is 2.49. The average molecular weight is 394 g/mol. The normalized spacial score (nSPS) is 27.8. The summed E-state index contributed by atoms with van der Waals surface area (Å²) in [5, 5.41) is 6.17. The number of rotatable bonds is 5. The Balaban J connectivity index is 1.47. The molecule has 0 aliphatic heterocycles. The van der Waals surface area contributed by atoms with Crippen LogP contribution < -0.4 is 10.6 Å². The maximum atomic E-state index is 13.2. The van der Waals surface area contributed by atoms with E-state index in [1.807, 2.05) is 0 Å². The summed E-state index contributed by atoms with van der Waals surface area (Å²) >= 11 is 0. The first kappa shape index (κ1) is 19.6. The Bertz CT molecular complexity index is 712. The van der Waals surface area contributed by atoms with E-state index in [1.54, 1.807) is 0 Å². The molecule has 1 aromatic carbocycles. The molecule has 0 saturated heterocycles. The fraction of sp³-hybridized carbons (Fsp3) is 0.682. The minimum Gasteiger partial charge on any atom is -0.381 e. The van der Waals surface area contributed by atoms with Crippen LogP contribution in [-0.2, 0) is 11.0 Å². The molecule has 0 radical (unpaired) electrons. The van der Waals surface area contributed by atoms with Crippen molar-refractivity contribution >= 4 is 17.3 Å². The van der Waals surface area contributed by atoms with Crippen LogP contribution in [0.4, 0.5) is 24.5 Å². The number of carbonyl (C=O) groups excluding carboxylic acids is 1. The zero-order valence-corrected chi connectivity index (χ0v) is 16.2. The second-order valence-corrected chi connectivity index (χ2v) is 8.92. The summed E-state index contributed by atoms with van der Waals surface area (Å²) in [5.74, 6) is 1.60. The summed E-state index contributed by atoms with van der Waals surface area (Å²) in [6.45, 7) is 0. The van der Waals surface area contributed by atoms with Crippen molar-refractivity contribution in [2.24, 2.45) is 17.8 Å². The number of nitrogens with one attached hydrogen (secondary N) is 2. The molecule has 3 fully saturated rings. The third-order valence-electron chi connectivity index (χ3n) is 6.92. The Labute approximate surface area is 164 Å². The number of alkyl halides is 3. The van der Waals surface area contributed by atoms with Crippen molar-refractivity contribution in [3.63, 3.8) is 0 Å². The van der Waals surface area contributed by atoms with Crippen LogP contribution in [-0.4, -0.2) is 11.9 Å². The van der Waals surface area contributed by atoms with Gasteiger partial charge in [-0.2, -0.15) is 13.2 Å². The molecule has 4 rings (SSSR count). The quantitative estimate of drug-likeness (QED) is 0.623. The van der Waals surface area contributed by atoms with E-state index in [1.165, 1.54) is 31.7 Å². The molecule has 154 valence electrons. The predicted molar refractivity (Wildman–Crippen MR) is 104 cm³/mol. The van der Waals surface area contributed by atoms with Gasteiger partial charge >= 0.3 is 6.18 Å². The molecule has 3 aliphatic carbocycles. The molecule has 2 bridgehead atoms. The van der Waals surface area contributed by atoms with Crippen LogP contribution in [0.15, 0.2) is 18.2 Å². The molecule has 1 amide bonds. The number of amides is 1. The number of fused-ring (bicyclic) bond motifs is 2. The van der Waals surface area contributed by atoms with E-state index in [4.69, 9.17) is 0 Å². The zero-order valence-electron chi connectivity index (χ0n) is 16.2. The Morgan fingerprint density at radius 1 is 1.00 bits per heavy atom. The number of hydrogen-bond acceptors (Lipinski definition) is 2. The molecular weight excluding hydrogens is 365 g/mol. The average Bonchev–Trinajstić information content (AvgIpc) is 3.26. The monoisotopic (exact) mass is 394 g/mol. The van der Waals surface area contributed by atoms with Gasteiger partial charge in [-0.15, -0.1) is 0 Å². The van der Waals surface area contributed by atoms with E-state index in [2.05, 4.69) is 10.6 Å². The van der Waals surface area contributed by atoms with Gasteiger partial charge in [0.15, 0.2) is 0 Å². The van der Waals surface area contributed by atoms with E-state index in [0.717, 1.165) is 50.2 Å². The summed E-state index contributed by atoms with van der Waals surface area (Å²) in [4.78, 5) is 12.6. The number of anilines is 2. The van der Waals surface area contributed by atoms with Crippen LogP contribution in [0.5, 0.6) is 0 Å². The predicted octanol–water partition coefficient (Wildman–Crippen LogP) is 6.21. The van der Waals surface area contributed by atoms with Gasteiger partial charge in [-0.3, -0.25) is 4.79 Å². The SMILES string of the molecule is O=C(C[C@@H]1C[C@@H]2CC[C@H]1C2)Nc1cc(C(F)(F)F)ccc1NC1CCCCC1. The summed E-state index contributed by atoms with van der Waals surface area (Å²) in [7, 11) is 0. The van der Waals surface area contributed by atoms with Crippen molar-refractivity contribution in [2.75, 3.05) is 10.6 Å². The lowest BCUT2D eigenvalue weighted by atomic mass is 9.86. The topological polar surface area (TPSA) is 41.1 Å². The first-order valence-corrected chi connectivity index (χ1v) is 10.7. The molecule has 6 heteroatoms. The van der Waals surface area contributed by atoms with Gasteiger partial charge in [0, 0.05) is 12.5 Å². The molecule has 3 atom stereocenters. The lowest BCUT2D eigenvalue weighted by Crippen LogP contribution is -2.25. The minimum atomic E-state index is -4.42. The fourth-order valence-corrected chi connectivity index (χ4v) is 5.48. The highest BCUT2D eigenvalue weighted by Gasteiger charge is 2.40. The van der Waals surface area contributed by atoms with Gasteiger partial charge < -0.3 is 10.6 Å². The zero-order chi connectivity index (χ0) is 19.7. The maximum Gasteiger partial charge on any atom is 0.416 e. The molecular formula is C22H29F3N2O. The van der Waals surface area contributed by atoms with Crippen molar-refractivity contribution in [3.8, 4) is 0 Å². The molecule has 2 N–H and O–H groups in total. The third-order valence-corrected chi connectivity index (χ3v) is 6.92. The molecule has 3 aliphatic rings. The van der Waals surface area contributed by atoms with E-state index in [-0.39, 0.29) is 17.6 Å². The second kappa shape index (κ2) is 7.96. The molecule has 0 aromatic heterocycles. The lowest BCUT2D eigenvalue weighted by Gasteiger charge is -2.26. The largest absolute Gasteiger partial charge is 0.416 e. The van der Waals surface area contributed by atoms with Gasteiger partial charge in [0.2, 0.25) is 5.91 Å². The second-order valence-electron chi connectivity index (χ2n) is 8.92. The Morgan fingerprint density at radius 3 is 2.43 bits per heavy atom. The highest BCUT2D eigenvalue weighted by molar-refractivity contribution is 5.94. The van der Waals surface area contributed by atoms with Crippen LogP contribution in [0.1, 0.15) is 69.8 Å². The number of benzene rings is 1. The molecule has 1 aromatic rings. The number of halogens is 3. The molecule has 28 heavy (non-hydrogen) atoms. The minimum absolute atomic E-state index is 0.163. The smallest absolute Gasteiger partial charge is 0.381 e. The van der Waals surface area contributed by atoms with Crippen molar-refractivity contribution in [1.82, 2.24) is 0 Å². The van der Waals surface area contributed by atoms with E-state index >= 15 is 0 Å². The standard InChI is InChI=1S/C22H29F3N2O/c23-22(24,25)17-8-9-19(26-18-4-2-1-3-5-18)20(13-17)27-21(28)12-16-11-14-6-7-15(16)10-14/h8-9,13-16,18,26H,1-7,10-12H2,(H,27,28)/t14-,15+,16+/m1/s1. The van der Waals surface area contributed by atoms with Gasteiger partial charge in [-0.25, -0.2) is 0 Å². The van der Waals surface area contributed by atoms with Crippen molar-refractivity contribution < 1.29 is 18.0 Å². The third kappa shape index (κ3) is 4.47. The van der Waals surface area contributed by atoms with Crippen LogP contribution in [0.3, 0.4) is 0 Å². The van der Waals surface area contributed by atoms with Gasteiger partial charge in [0.05, 0.1) is 16.9 Å². The van der Waals surface area contributed by atoms with Crippen LogP contribution in [0, 0.1) is 17.8 Å². The summed E-state index contributed by atoms with van der Waals surface area (Å²) < 4.78 is 39.6. The Hall–Kier alpha value is -1.72. The van der Waals surface area contributed by atoms with Gasteiger partial charge in [0.25, 0.3) is 0 Å². The summed E-state index contributed by atoms with van der Waals surface area (Å²) in [5.41, 5.74) is 0.131. The van der Waals surface area contributed by atoms with E-state index < -0.39 is 11.7 Å². The Morgan fingerprint density at radius 2 is 1.79 bits per heavy atom. The summed E-state index contributed by atoms with van der Waals surface area (Å²) in [6, 6.07) is 3.89. The molecule has 3 nitrogen and oxygen atoms in total. The van der Waals surface area contributed by atoms with E-state index in [0.29, 0.717) is 23.9 Å². The van der Waals surface area contributed by atoms with Gasteiger partial charge in [0.1, 0.15) is 0 Å². The van der Waals surface area contributed by atoms with Crippen molar-refractivity contribution in [2.45, 2.75) is 76.4 Å². The van der Waals surface area contributed by atoms with Crippen molar-refractivity contribution in [1.29, 1.82) is 0 Å². The first-order valence-electron chi connectivity index (χ1n) is 10.7. The van der Waals surface area contributed by atoms with Crippen LogP contribution in [0.2, 0.25) is 0 Å². The maximum absolute atomic E-state index is 13.2. The van der Waals surface area contributed by atoms with Crippen molar-refractivity contribution in [3.05, 3.63) is 23.8 Å². The first-order chi connectivity index (χ1) is 13.4. The molecule has 0 heterocycles. The van der Waals surface area contributed by atoms with Crippen LogP contribution >= 0.6 is 0 Å². The molecule has 0 spiro atoms. The molecule has 3 saturated carbocycles. The number of hydrogen-bond donors (Lipinski definition) is 2. The van der Waals surface area contributed by atoms with E-state index in [9.17, 15) is 18.0 Å².